The molecule has 0 fully saturated rings. The van der Waals surface area contributed by atoms with Crippen molar-refractivity contribution in [2.75, 3.05) is 0 Å². The van der Waals surface area contributed by atoms with E-state index in [0.29, 0.717) is 12.0 Å². The molecule has 3 atom stereocenters. The van der Waals surface area contributed by atoms with Gasteiger partial charge in [0.25, 0.3) is 0 Å². The number of halogens is 5. The van der Waals surface area contributed by atoms with Crippen LogP contribution in [0.15, 0.2) is 78.2 Å². The summed E-state index contributed by atoms with van der Waals surface area (Å²) < 4.78 is 87.1. The van der Waals surface area contributed by atoms with Crippen molar-refractivity contribution < 1.29 is 52.4 Å². The van der Waals surface area contributed by atoms with Gasteiger partial charge in [-0.1, -0.05) is 30.3 Å². The number of benzene rings is 2. The molecular formula is C30H41BrF4MgN2O4S2. The van der Waals surface area contributed by atoms with Crippen LogP contribution in [0.25, 0.3) is 0 Å². The van der Waals surface area contributed by atoms with Gasteiger partial charge in [-0.25, -0.2) is 32.7 Å². The molecule has 0 saturated carbocycles. The summed E-state index contributed by atoms with van der Waals surface area (Å²) in [6.45, 7) is 15.4. The molecule has 0 bridgehead atoms. The molecule has 0 aliphatic carbocycles. The number of hydrogen-bond donors (Lipinski definition) is 1. The Hall–Kier alpha value is -1.71. The molecule has 0 radical (unpaired) electrons. The molecule has 0 aliphatic heterocycles. The quantitative estimate of drug-likeness (QED) is 0.119. The SMILES string of the molecule is C=CC[C@H](N[S@](=O)C(C)(C)C)c1cccc(OC(F)F)c1.C=C[CH2-].CC(C)(C)[S@@](=O)N=Cc1cccc(OC(F)F)c1.[Br-].[Mg+2]. The fourth-order valence-electron chi connectivity index (χ4n) is 2.67. The van der Waals surface area contributed by atoms with E-state index < -0.39 is 44.7 Å². The fourth-order valence-corrected chi connectivity index (χ4v) is 4.05. The molecule has 14 heteroatoms. The smallest absolute Gasteiger partial charge is 1.00 e. The van der Waals surface area contributed by atoms with Gasteiger partial charge in [0.05, 0.1) is 20.5 Å². The normalized spacial score (nSPS) is 13.1. The summed E-state index contributed by atoms with van der Waals surface area (Å²) in [5, 5.41) is 0. The van der Waals surface area contributed by atoms with Crippen LogP contribution in [-0.2, 0) is 22.0 Å². The maximum atomic E-state index is 12.3. The van der Waals surface area contributed by atoms with Crippen molar-refractivity contribution in [2.24, 2.45) is 4.40 Å². The molecule has 44 heavy (non-hydrogen) atoms. The van der Waals surface area contributed by atoms with Crippen LogP contribution in [-0.4, -0.2) is 60.4 Å². The van der Waals surface area contributed by atoms with Crippen molar-refractivity contribution in [1.82, 2.24) is 4.72 Å². The van der Waals surface area contributed by atoms with Gasteiger partial charge in [-0.15, -0.1) is 6.58 Å². The van der Waals surface area contributed by atoms with Gasteiger partial charge < -0.3 is 26.5 Å². The Kier molecular flexibility index (Phi) is 25.0. The third kappa shape index (κ3) is 21.1. The first kappa shape index (κ1) is 46.7. The van der Waals surface area contributed by atoms with E-state index in [1.54, 1.807) is 51.1 Å². The Bertz CT molecular complexity index is 1190. The molecule has 0 amide bonds. The predicted molar refractivity (Wildman–Crippen MR) is 172 cm³/mol. The van der Waals surface area contributed by atoms with E-state index in [0.717, 1.165) is 5.56 Å². The number of alkyl halides is 4. The minimum absolute atomic E-state index is 0. The largest absolute Gasteiger partial charge is 2.00 e. The summed E-state index contributed by atoms with van der Waals surface area (Å²) >= 11 is 0. The standard InChI is InChI=1S/C15H21F2NO2S.C12H15F2NO2S.C3H5.BrH.Mg/c1-5-7-13(18-21(19)15(2,3)4)11-8-6-9-12(10-11)20-14(16)17;1-12(2,3)18(16)15-8-9-5-4-6-10(7-9)17-11(13)14;1-3-2;;/h5-6,8-10,13-14,18H,1,7H2,2-4H3;4-8,11H,1-3H3;3H,1-2H2;1H;/q;;-1;;+2/p-1/t13-,21+;18-;;;/m01.../s1. The van der Waals surface area contributed by atoms with Crippen LogP contribution in [0.3, 0.4) is 0 Å². The number of ether oxygens (including phenoxy) is 2. The van der Waals surface area contributed by atoms with E-state index in [1.165, 1.54) is 36.6 Å². The van der Waals surface area contributed by atoms with Crippen LogP contribution in [0.2, 0.25) is 0 Å². The summed E-state index contributed by atoms with van der Waals surface area (Å²) in [5.74, 6) is 0.135. The maximum Gasteiger partial charge on any atom is 2.00 e. The zero-order chi connectivity index (χ0) is 32.5. The van der Waals surface area contributed by atoms with Gasteiger partial charge in [-0.2, -0.15) is 22.0 Å². The van der Waals surface area contributed by atoms with Crippen molar-refractivity contribution in [3.8, 4) is 11.5 Å². The molecule has 0 saturated heterocycles. The number of hydrogen-bond acceptors (Lipinski definition) is 4. The van der Waals surface area contributed by atoms with Crippen LogP contribution >= 0.6 is 0 Å². The van der Waals surface area contributed by atoms with Gasteiger partial charge in [0.15, 0.2) is 0 Å². The Morgan fingerprint density at radius 2 is 1.39 bits per heavy atom. The molecule has 2 rings (SSSR count). The third-order valence-corrected chi connectivity index (χ3v) is 7.55. The van der Waals surface area contributed by atoms with Gasteiger partial charge in [0.2, 0.25) is 0 Å². The minimum atomic E-state index is -2.87. The first-order valence-corrected chi connectivity index (χ1v) is 14.9. The Balaban J connectivity index is -0.000000678. The van der Waals surface area contributed by atoms with Crippen molar-refractivity contribution in [1.29, 1.82) is 0 Å². The van der Waals surface area contributed by atoms with Gasteiger partial charge in [-0.3, -0.25) is 0 Å². The van der Waals surface area contributed by atoms with Crippen molar-refractivity contribution in [3.63, 3.8) is 0 Å². The Morgan fingerprint density at radius 1 is 0.909 bits per heavy atom. The second kappa shape index (κ2) is 23.6. The molecule has 244 valence electrons. The third-order valence-electron chi connectivity index (χ3n) is 4.60. The van der Waals surface area contributed by atoms with Crippen LogP contribution in [0.4, 0.5) is 17.6 Å². The van der Waals surface area contributed by atoms with Crippen molar-refractivity contribution in [2.45, 2.75) is 76.7 Å². The number of nitrogens with one attached hydrogen (secondary N) is 1. The summed E-state index contributed by atoms with van der Waals surface area (Å²) in [4.78, 5) is 0. The van der Waals surface area contributed by atoms with E-state index in [4.69, 9.17) is 0 Å². The topological polar surface area (TPSA) is 77.0 Å². The van der Waals surface area contributed by atoms with E-state index in [-0.39, 0.29) is 57.6 Å². The van der Waals surface area contributed by atoms with Crippen LogP contribution < -0.4 is 31.2 Å². The molecule has 0 aliphatic rings. The van der Waals surface area contributed by atoms with Crippen LogP contribution in [0.5, 0.6) is 11.5 Å². The zero-order valence-electron chi connectivity index (χ0n) is 25.9. The first-order valence-electron chi connectivity index (χ1n) is 12.7. The predicted octanol–water partition coefficient (Wildman–Crippen LogP) is 4.76. The molecule has 2 aromatic rings. The molecule has 0 heterocycles. The molecule has 1 N–H and O–H groups in total. The molecule has 0 spiro atoms. The molecule has 6 nitrogen and oxygen atoms in total. The molecule has 0 aromatic heterocycles. The number of nitrogens with zero attached hydrogens (tertiary/aromatic N) is 1. The maximum absolute atomic E-state index is 12.3. The van der Waals surface area contributed by atoms with Gasteiger partial charge in [-0.05, 0) is 83.4 Å². The zero-order valence-corrected chi connectivity index (χ0v) is 30.5. The Labute approximate surface area is 291 Å². The summed E-state index contributed by atoms with van der Waals surface area (Å²) in [6.07, 6.45) is 5.11. The second-order valence-electron chi connectivity index (χ2n) is 10.4. The van der Waals surface area contributed by atoms with Crippen LogP contribution in [0, 0.1) is 6.92 Å². The monoisotopic (exact) mass is 736 g/mol. The van der Waals surface area contributed by atoms with Crippen molar-refractivity contribution >= 4 is 51.2 Å². The average Bonchev–Trinajstić information content (AvgIpc) is 2.86. The summed E-state index contributed by atoms with van der Waals surface area (Å²) in [5.41, 5.74) is 1.29. The van der Waals surface area contributed by atoms with E-state index >= 15 is 0 Å². The Morgan fingerprint density at radius 3 is 1.82 bits per heavy atom. The van der Waals surface area contributed by atoms with E-state index in [9.17, 15) is 26.0 Å². The first-order chi connectivity index (χ1) is 19.4. The van der Waals surface area contributed by atoms with Gasteiger partial charge >= 0.3 is 36.3 Å². The van der Waals surface area contributed by atoms with Gasteiger partial charge in [0.1, 0.15) is 22.5 Å². The fraction of sp³-hybridized carbons (Fsp3) is 0.400. The molecule has 2 aromatic carbocycles. The second-order valence-corrected chi connectivity index (χ2v) is 14.3. The minimum Gasteiger partial charge on any atom is -1.00 e. The number of allylic oxidation sites excluding steroid dienone is 1. The van der Waals surface area contributed by atoms with E-state index in [2.05, 4.69) is 38.7 Å². The van der Waals surface area contributed by atoms with Crippen LogP contribution in [0.1, 0.15) is 65.1 Å². The summed E-state index contributed by atoms with van der Waals surface area (Å²) in [7, 11) is -2.65. The molecule has 0 unspecified atom stereocenters. The van der Waals surface area contributed by atoms with Gasteiger partial charge in [0, 0.05) is 12.3 Å². The molecular weight excluding hydrogens is 697 g/mol. The van der Waals surface area contributed by atoms with Crippen molar-refractivity contribution in [3.05, 3.63) is 91.9 Å². The number of rotatable bonds is 11. The van der Waals surface area contributed by atoms with E-state index in [1.807, 2.05) is 20.8 Å². The average molecular weight is 738 g/mol. The summed E-state index contributed by atoms with van der Waals surface area (Å²) in [6, 6.07) is 12.2.